The van der Waals surface area contributed by atoms with Crippen molar-refractivity contribution in [1.82, 2.24) is 5.32 Å². The number of nitrogens with one attached hydrogen (secondary N) is 2. The molecular weight excluding hydrogens is 288 g/mol. The number of benzene rings is 1. The van der Waals surface area contributed by atoms with Gasteiger partial charge >= 0.3 is 12.0 Å². The number of aliphatic carboxylic acids is 1. The predicted octanol–water partition coefficient (Wildman–Crippen LogP) is 2.43. The third kappa shape index (κ3) is 4.44. The van der Waals surface area contributed by atoms with Crippen LogP contribution in [-0.4, -0.2) is 23.1 Å². The molecule has 1 rings (SSSR count). The Morgan fingerprint density at radius 2 is 2.18 bits per heavy atom. The van der Waals surface area contributed by atoms with E-state index >= 15 is 0 Å². The second-order valence-corrected chi connectivity index (χ2v) is 4.32. The van der Waals surface area contributed by atoms with Crippen LogP contribution >= 0.6 is 15.9 Å². The maximum absolute atomic E-state index is 11.5. The molecule has 0 fully saturated rings. The lowest BCUT2D eigenvalue weighted by atomic mass is 10.2. The van der Waals surface area contributed by atoms with Gasteiger partial charge in [-0.05, 0) is 24.6 Å². The fourth-order valence-electron chi connectivity index (χ4n) is 1.23. The third-order valence-electron chi connectivity index (χ3n) is 2.09. The molecule has 0 spiro atoms. The van der Waals surface area contributed by atoms with Crippen molar-refractivity contribution in [3.05, 3.63) is 28.7 Å². The van der Waals surface area contributed by atoms with E-state index < -0.39 is 18.0 Å². The Morgan fingerprint density at radius 3 is 2.71 bits per heavy atom. The van der Waals surface area contributed by atoms with Crippen LogP contribution in [0.3, 0.4) is 0 Å². The monoisotopic (exact) mass is 300 g/mol. The SMILES string of the molecule is CCC(NC(=O)Nc1cccc(Br)c1)C(=O)O. The van der Waals surface area contributed by atoms with E-state index in [9.17, 15) is 9.59 Å². The van der Waals surface area contributed by atoms with E-state index in [1.807, 2.05) is 6.07 Å². The molecule has 17 heavy (non-hydrogen) atoms. The Balaban J connectivity index is 2.58. The smallest absolute Gasteiger partial charge is 0.326 e. The van der Waals surface area contributed by atoms with Crippen molar-refractivity contribution in [2.24, 2.45) is 0 Å². The Bertz CT molecular complexity index is 423. The van der Waals surface area contributed by atoms with Gasteiger partial charge in [0, 0.05) is 10.2 Å². The molecule has 0 heterocycles. The van der Waals surface area contributed by atoms with Gasteiger partial charge in [0.05, 0.1) is 0 Å². The largest absolute Gasteiger partial charge is 0.480 e. The van der Waals surface area contributed by atoms with Crippen molar-refractivity contribution in [2.75, 3.05) is 5.32 Å². The van der Waals surface area contributed by atoms with Crippen LogP contribution in [0.5, 0.6) is 0 Å². The van der Waals surface area contributed by atoms with Crippen molar-refractivity contribution in [1.29, 1.82) is 0 Å². The second kappa shape index (κ2) is 6.24. The quantitative estimate of drug-likeness (QED) is 0.799. The summed E-state index contributed by atoms with van der Waals surface area (Å²) in [6.45, 7) is 1.69. The Labute approximate surface area is 107 Å². The molecule has 0 radical (unpaired) electrons. The highest BCUT2D eigenvalue weighted by molar-refractivity contribution is 9.10. The molecule has 0 aromatic heterocycles. The summed E-state index contributed by atoms with van der Waals surface area (Å²) >= 11 is 3.27. The molecule has 0 saturated carbocycles. The number of hydrogen-bond donors (Lipinski definition) is 3. The minimum Gasteiger partial charge on any atom is -0.480 e. The van der Waals surface area contributed by atoms with Gasteiger partial charge in [-0.25, -0.2) is 9.59 Å². The van der Waals surface area contributed by atoms with Crippen LogP contribution in [0.15, 0.2) is 28.7 Å². The lowest BCUT2D eigenvalue weighted by Crippen LogP contribution is -2.42. The van der Waals surface area contributed by atoms with Crippen LogP contribution < -0.4 is 10.6 Å². The number of rotatable bonds is 4. The fraction of sp³-hybridized carbons (Fsp3) is 0.273. The van der Waals surface area contributed by atoms with Gasteiger partial charge in [-0.15, -0.1) is 0 Å². The van der Waals surface area contributed by atoms with E-state index in [0.717, 1.165) is 4.47 Å². The first-order chi connectivity index (χ1) is 8.02. The van der Waals surface area contributed by atoms with Gasteiger partial charge in [-0.2, -0.15) is 0 Å². The number of hydrogen-bond acceptors (Lipinski definition) is 2. The Kier molecular flexibility index (Phi) is 4.96. The predicted molar refractivity (Wildman–Crippen MR) is 68.0 cm³/mol. The number of carbonyl (C=O) groups excluding carboxylic acids is 1. The van der Waals surface area contributed by atoms with E-state index in [0.29, 0.717) is 12.1 Å². The van der Waals surface area contributed by atoms with E-state index in [2.05, 4.69) is 26.6 Å². The van der Waals surface area contributed by atoms with Crippen LogP contribution in [0.25, 0.3) is 0 Å². The molecular formula is C11H13BrN2O3. The molecule has 0 aliphatic heterocycles. The average molecular weight is 301 g/mol. The van der Waals surface area contributed by atoms with E-state index in [1.54, 1.807) is 25.1 Å². The number of carboxylic acids is 1. The zero-order chi connectivity index (χ0) is 12.8. The highest BCUT2D eigenvalue weighted by Crippen LogP contribution is 2.15. The first-order valence-corrected chi connectivity index (χ1v) is 5.88. The van der Waals surface area contributed by atoms with E-state index in [4.69, 9.17) is 5.11 Å². The summed E-state index contributed by atoms with van der Waals surface area (Å²) in [4.78, 5) is 22.2. The summed E-state index contributed by atoms with van der Waals surface area (Å²) in [6, 6.07) is 5.64. The van der Waals surface area contributed by atoms with Gasteiger partial charge < -0.3 is 15.7 Å². The molecule has 3 N–H and O–H groups in total. The third-order valence-corrected chi connectivity index (χ3v) is 2.59. The van der Waals surface area contributed by atoms with Gasteiger partial charge in [0.15, 0.2) is 0 Å². The summed E-state index contributed by atoms with van der Waals surface area (Å²) < 4.78 is 0.834. The Morgan fingerprint density at radius 1 is 1.47 bits per heavy atom. The molecule has 1 aromatic rings. The number of anilines is 1. The van der Waals surface area contributed by atoms with Crippen molar-refractivity contribution >= 4 is 33.6 Å². The summed E-state index contributed by atoms with van der Waals surface area (Å²) in [5.41, 5.74) is 0.595. The van der Waals surface area contributed by atoms with Crippen molar-refractivity contribution in [3.8, 4) is 0 Å². The highest BCUT2D eigenvalue weighted by atomic mass is 79.9. The van der Waals surface area contributed by atoms with E-state index in [1.165, 1.54) is 0 Å². The highest BCUT2D eigenvalue weighted by Gasteiger charge is 2.17. The molecule has 2 amide bonds. The van der Waals surface area contributed by atoms with E-state index in [-0.39, 0.29) is 0 Å². The zero-order valence-corrected chi connectivity index (χ0v) is 10.8. The van der Waals surface area contributed by atoms with Crippen molar-refractivity contribution in [3.63, 3.8) is 0 Å². The molecule has 1 aromatic carbocycles. The lowest BCUT2D eigenvalue weighted by Gasteiger charge is -2.13. The van der Waals surface area contributed by atoms with Crippen molar-refractivity contribution in [2.45, 2.75) is 19.4 Å². The molecule has 0 saturated heterocycles. The van der Waals surface area contributed by atoms with Crippen LogP contribution in [0, 0.1) is 0 Å². The number of amides is 2. The maximum atomic E-state index is 11.5. The molecule has 0 aliphatic rings. The standard InChI is InChI=1S/C11H13BrN2O3/c1-2-9(10(15)16)14-11(17)13-8-5-3-4-7(12)6-8/h3-6,9H,2H2,1H3,(H,15,16)(H2,13,14,17). The minimum absolute atomic E-state index is 0.335. The summed E-state index contributed by atoms with van der Waals surface area (Å²) in [5.74, 6) is -1.04. The molecule has 0 bridgehead atoms. The zero-order valence-electron chi connectivity index (χ0n) is 9.24. The van der Waals surface area contributed by atoms with Gasteiger partial charge in [-0.1, -0.05) is 28.9 Å². The topological polar surface area (TPSA) is 78.4 Å². The number of carbonyl (C=O) groups is 2. The van der Waals surface area contributed by atoms with Crippen molar-refractivity contribution < 1.29 is 14.7 Å². The summed E-state index contributed by atoms with van der Waals surface area (Å²) in [6.07, 6.45) is 0.335. The molecule has 1 unspecified atom stereocenters. The van der Waals surface area contributed by atoms with Gasteiger partial charge in [0.2, 0.25) is 0 Å². The normalized spacial score (nSPS) is 11.6. The molecule has 6 heteroatoms. The number of halogens is 1. The molecule has 5 nitrogen and oxygen atoms in total. The second-order valence-electron chi connectivity index (χ2n) is 3.41. The molecule has 92 valence electrons. The first-order valence-electron chi connectivity index (χ1n) is 5.08. The minimum atomic E-state index is -1.04. The number of urea groups is 1. The van der Waals surface area contributed by atoms with Crippen LogP contribution in [0.4, 0.5) is 10.5 Å². The lowest BCUT2D eigenvalue weighted by molar-refractivity contribution is -0.139. The maximum Gasteiger partial charge on any atom is 0.326 e. The van der Waals surface area contributed by atoms with Crippen LogP contribution in [-0.2, 0) is 4.79 Å². The van der Waals surface area contributed by atoms with Gasteiger partial charge in [-0.3, -0.25) is 0 Å². The molecule has 0 aliphatic carbocycles. The van der Waals surface area contributed by atoms with Crippen LogP contribution in [0.1, 0.15) is 13.3 Å². The first kappa shape index (κ1) is 13.5. The number of carboxylic acid groups (broad SMARTS) is 1. The fourth-order valence-corrected chi connectivity index (χ4v) is 1.63. The van der Waals surface area contributed by atoms with Gasteiger partial charge in [0.25, 0.3) is 0 Å². The molecule has 1 atom stereocenters. The Hall–Kier alpha value is -1.56. The average Bonchev–Trinajstić information content (AvgIpc) is 2.25. The van der Waals surface area contributed by atoms with Gasteiger partial charge in [0.1, 0.15) is 6.04 Å². The summed E-state index contributed by atoms with van der Waals surface area (Å²) in [7, 11) is 0. The van der Waals surface area contributed by atoms with Crippen LogP contribution in [0.2, 0.25) is 0 Å². The summed E-state index contributed by atoms with van der Waals surface area (Å²) in [5, 5.41) is 13.7.